The van der Waals surface area contributed by atoms with Crippen LogP contribution in [0.2, 0.25) is 0 Å². The number of fused-ring (bicyclic) bond motifs is 2. The summed E-state index contributed by atoms with van der Waals surface area (Å²) in [6, 6.07) is 19.5. The lowest BCUT2D eigenvalue weighted by atomic mass is 9.86. The van der Waals surface area contributed by atoms with Crippen molar-refractivity contribution in [2.75, 3.05) is 0 Å². The molecule has 2 N–H and O–H groups in total. The number of benzene rings is 3. The molecule has 0 aromatic heterocycles. The molecule has 0 heterocycles. The van der Waals surface area contributed by atoms with E-state index in [4.69, 9.17) is 5.73 Å². The van der Waals surface area contributed by atoms with Gasteiger partial charge >= 0.3 is 0 Å². The summed E-state index contributed by atoms with van der Waals surface area (Å²) in [4.78, 5) is 0. The summed E-state index contributed by atoms with van der Waals surface area (Å²) in [6.07, 6.45) is 1.10. The summed E-state index contributed by atoms with van der Waals surface area (Å²) in [5.41, 5.74) is 7.88. The molecule has 0 aliphatic carbocycles. The standard InChI is InChI=1S/C19H21N/c1-3-13(2)19(20)18-16-10-6-4-8-14(16)12-15-9-5-7-11-17(15)18/h4-13,19H,3,20H2,1-2H3/t13?,19-/m0/s1. The van der Waals surface area contributed by atoms with Crippen LogP contribution in [0.3, 0.4) is 0 Å². The minimum atomic E-state index is 0.0796. The predicted molar refractivity (Wildman–Crippen MR) is 87.8 cm³/mol. The summed E-state index contributed by atoms with van der Waals surface area (Å²) < 4.78 is 0. The second-order valence-electron chi connectivity index (χ2n) is 5.64. The second kappa shape index (κ2) is 5.26. The van der Waals surface area contributed by atoms with Gasteiger partial charge in [-0.3, -0.25) is 0 Å². The first-order valence-electron chi connectivity index (χ1n) is 7.38. The van der Waals surface area contributed by atoms with Crippen LogP contribution < -0.4 is 5.73 Å². The number of rotatable bonds is 3. The van der Waals surface area contributed by atoms with E-state index in [1.807, 2.05) is 0 Å². The molecule has 0 saturated carbocycles. The zero-order valence-corrected chi connectivity index (χ0v) is 12.1. The third kappa shape index (κ3) is 2.08. The van der Waals surface area contributed by atoms with Crippen molar-refractivity contribution < 1.29 is 0 Å². The van der Waals surface area contributed by atoms with Crippen molar-refractivity contribution >= 4 is 21.5 Å². The Hall–Kier alpha value is -1.86. The highest BCUT2D eigenvalue weighted by molar-refractivity contribution is 6.02. The maximum Gasteiger partial charge on any atom is 0.0333 e. The Morgan fingerprint density at radius 1 is 0.900 bits per heavy atom. The molecule has 0 aliphatic rings. The van der Waals surface area contributed by atoms with Crippen LogP contribution in [0.25, 0.3) is 21.5 Å². The van der Waals surface area contributed by atoms with Crippen LogP contribution in [0.5, 0.6) is 0 Å². The van der Waals surface area contributed by atoms with Gasteiger partial charge in [-0.15, -0.1) is 0 Å². The largest absolute Gasteiger partial charge is 0.324 e. The second-order valence-corrected chi connectivity index (χ2v) is 5.64. The first-order chi connectivity index (χ1) is 9.72. The van der Waals surface area contributed by atoms with Gasteiger partial charge in [0, 0.05) is 6.04 Å². The highest BCUT2D eigenvalue weighted by Gasteiger charge is 2.18. The molecule has 0 fully saturated rings. The van der Waals surface area contributed by atoms with Crippen molar-refractivity contribution in [3.63, 3.8) is 0 Å². The van der Waals surface area contributed by atoms with Crippen molar-refractivity contribution in [2.24, 2.45) is 11.7 Å². The molecule has 3 rings (SSSR count). The lowest BCUT2D eigenvalue weighted by Gasteiger charge is -2.22. The van der Waals surface area contributed by atoms with Gasteiger partial charge in [-0.25, -0.2) is 0 Å². The summed E-state index contributed by atoms with van der Waals surface area (Å²) in [5.74, 6) is 0.476. The molecular formula is C19H21N. The van der Waals surface area contributed by atoms with Gasteiger partial charge in [0.15, 0.2) is 0 Å². The minimum Gasteiger partial charge on any atom is -0.324 e. The van der Waals surface area contributed by atoms with E-state index in [1.54, 1.807) is 0 Å². The molecule has 1 nitrogen and oxygen atoms in total. The van der Waals surface area contributed by atoms with Crippen LogP contribution in [0.4, 0.5) is 0 Å². The maximum atomic E-state index is 6.58. The van der Waals surface area contributed by atoms with E-state index in [1.165, 1.54) is 27.1 Å². The van der Waals surface area contributed by atoms with E-state index in [2.05, 4.69) is 68.4 Å². The highest BCUT2D eigenvalue weighted by atomic mass is 14.6. The van der Waals surface area contributed by atoms with Crippen molar-refractivity contribution in [1.82, 2.24) is 0 Å². The SMILES string of the molecule is CCC(C)[C@H](N)c1c2ccccc2cc2ccccc12. The Kier molecular flexibility index (Phi) is 3.45. The van der Waals surface area contributed by atoms with Crippen molar-refractivity contribution in [2.45, 2.75) is 26.3 Å². The quantitative estimate of drug-likeness (QED) is 0.658. The fraction of sp³-hybridized carbons (Fsp3) is 0.263. The zero-order chi connectivity index (χ0) is 14.1. The van der Waals surface area contributed by atoms with E-state index in [-0.39, 0.29) is 6.04 Å². The molecule has 0 amide bonds. The summed E-state index contributed by atoms with van der Waals surface area (Å²) >= 11 is 0. The van der Waals surface area contributed by atoms with E-state index < -0.39 is 0 Å². The number of nitrogens with two attached hydrogens (primary N) is 1. The molecule has 0 radical (unpaired) electrons. The van der Waals surface area contributed by atoms with Crippen molar-refractivity contribution in [3.05, 3.63) is 60.2 Å². The van der Waals surface area contributed by atoms with Crippen LogP contribution in [0, 0.1) is 5.92 Å². The average Bonchev–Trinajstić information content (AvgIpc) is 2.51. The van der Waals surface area contributed by atoms with Gasteiger partial charge in [0.25, 0.3) is 0 Å². The Morgan fingerprint density at radius 3 is 1.90 bits per heavy atom. The Morgan fingerprint density at radius 2 is 1.40 bits per heavy atom. The number of hydrogen-bond donors (Lipinski definition) is 1. The average molecular weight is 263 g/mol. The molecule has 0 saturated heterocycles. The normalized spacial score (nSPS) is 14.6. The lowest BCUT2D eigenvalue weighted by Crippen LogP contribution is -2.19. The molecule has 0 bridgehead atoms. The van der Waals surface area contributed by atoms with Crippen LogP contribution >= 0.6 is 0 Å². The molecule has 0 spiro atoms. The molecule has 1 unspecified atom stereocenters. The maximum absolute atomic E-state index is 6.58. The Bertz CT molecular complexity index is 691. The molecule has 1 heteroatoms. The van der Waals surface area contributed by atoms with E-state index >= 15 is 0 Å². The Labute approximate surface area is 120 Å². The van der Waals surface area contributed by atoms with Crippen LogP contribution in [0.15, 0.2) is 54.6 Å². The van der Waals surface area contributed by atoms with Crippen LogP contribution in [-0.4, -0.2) is 0 Å². The fourth-order valence-electron chi connectivity index (χ4n) is 2.95. The Balaban J connectivity index is 2.39. The first kappa shape index (κ1) is 13.1. The van der Waals surface area contributed by atoms with Gasteiger partial charge in [0.2, 0.25) is 0 Å². The van der Waals surface area contributed by atoms with Gasteiger partial charge in [0.1, 0.15) is 0 Å². The number of hydrogen-bond acceptors (Lipinski definition) is 1. The van der Waals surface area contributed by atoms with Crippen molar-refractivity contribution in [1.29, 1.82) is 0 Å². The van der Waals surface area contributed by atoms with Crippen molar-refractivity contribution in [3.8, 4) is 0 Å². The smallest absolute Gasteiger partial charge is 0.0333 e. The van der Waals surface area contributed by atoms with Gasteiger partial charge in [-0.05, 0) is 39.1 Å². The van der Waals surface area contributed by atoms with E-state index in [0.717, 1.165) is 6.42 Å². The summed E-state index contributed by atoms with van der Waals surface area (Å²) in [5, 5.41) is 5.14. The molecule has 20 heavy (non-hydrogen) atoms. The topological polar surface area (TPSA) is 26.0 Å². The lowest BCUT2D eigenvalue weighted by molar-refractivity contribution is 0.461. The van der Waals surface area contributed by atoms with Gasteiger partial charge in [-0.1, -0.05) is 68.8 Å². The monoisotopic (exact) mass is 263 g/mol. The minimum absolute atomic E-state index is 0.0796. The highest BCUT2D eigenvalue weighted by Crippen LogP contribution is 2.35. The molecule has 0 aliphatic heterocycles. The van der Waals surface area contributed by atoms with Gasteiger partial charge in [-0.2, -0.15) is 0 Å². The third-order valence-corrected chi connectivity index (χ3v) is 4.40. The summed E-state index contributed by atoms with van der Waals surface area (Å²) in [7, 11) is 0. The van der Waals surface area contributed by atoms with E-state index in [9.17, 15) is 0 Å². The molecule has 3 aromatic carbocycles. The molecule has 3 aromatic rings. The van der Waals surface area contributed by atoms with Crippen LogP contribution in [-0.2, 0) is 0 Å². The fourth-order valence-corrected chi connectivity index (χ4v) is 2.95. The van der Waals surface area contributed by atoms with Gasteiger partial charge < -0.3 is 5.73 Å². The van der Waals surface area contributed by atoms with Gasteiger partial charge in [0.05, 0.1) is 0 Å². The molecule has 2 atom stereocenters. The summed E-state index contributed by atoms with van der Waals surface area (Å²) in [6.45, 7) is 4.44. The predicted octanol–water partition coefficient (Wildman–Crippen LogP) is 5.04. The van der Waals surface area contributed by atoms with E-state index in [0.29, 0.717) is 5.92 Å². The third-order valence-electron chi connectivity index (χ3n) is 4.40. The van der Waals surface area contributed by atoms with Crippen LogP contribution in [0.1, 0.15) is 31.9 Å². The molecular weight excluding hydrogens is 242 g/mol. The first-order valence-corrected chi connectivity index (χ1v) is 7.38. The zero-order valence-electron chi connectivity index (χ0n) is 12.1. The molecule has 102 valence electrons.